The van der Waals surface area contributed by atoms with Crippen molar-refractivity contribution in [1.29, 1.82) is 0 Å². The fourth-order valence-corrected chi connectivity index (χ4v) is 3.48. The Hall–Kier alpha value is -2.86. The van der Waals surface area contributed by atoms with Crippen molar-refractivity contribution >= 4 is 22.9 Å². The number of nitrogens with one attached hydrogen (secondary N) is 1. The van der Waals surface area contributed by atoms with Crippen LogP contribution in [0.15, 0.2) is 47.8 Å². The van der Waals surface area contributed by atoms with Gasteiger partial charge in [-0.05, 0) is 25.5 Å². The zero-order chi connectivity index (χ0) is 19.2. The van der Waals surface area contributed by atoms with Crippen molar-refractivity contribution in [1.82, 2.24) is 4.98 Å². The van der Waals surface area contributed by atoms with Gasteiger partial charge < -0.3 is 14.8 Å². The molecule has 0 radical (unpaired) electrons. The molecule has 6 heteroatoms. The lowest BCUT2D eigenvalue weighted by molar-refractivity contribution is -0.116. The van der Waals surface area contributed by atoms with Gasteiger partial charge >= 0.3 is 0 Å². The number of aryl methyl sites for hydroxylation is 2. The summed E-state index contributed by atoms with van der Waals surface area (Å²) in [7, 11) is 3.15. The Labute approximate surface area is 163 Å². The van der Waals surface area contributed by atoms with E-state index in [1.807, 2.05) is 5.38 Å². The third-order valence-electron chi connectivity index (χ3n) is 4.14. The Balaban J connectivity index is 1.61. The third-order valence-corrected chi connectivity index (χ3v) is 5.08. The van der Waals surface area contributed by atoms with Gasteiger partial charge in [-0.2, -0.15) is 0 Å². The smallest absolute Gasteiger partial charge is 0.224 e. The highest BCUT2D eigenvalue weighted by Gasteiger charge is 2.11. The molecular weight excluding hydrogens is 360 g/mol. The molecule has 0 aliphatic heterocycles. The van der Waals surface area contributed by atoms with Crippen LogP contribution in [0.1, 0.15) is 17.7 Å². The van der Waals surface area contributed by atoms with E-state index in [4.69, 9.17) is 9.47 Å². The van der Waals surface area contributed by atoms with E-state index < -0.39 is 0 Å². The second-order valence-corrected chi connectivity index (χ2v) is 6.98. The Bertz CT molecular complexity index is 919. The molecule has 1 aromatic heterocycles. The molecule has 3 rings (SSSR count). The molecule has 3 aromatic rings. The number of methoxy groups -OCH3 is 2. The van der Waals surface area contributed by atoms with E-state index in [0.717, 1.165) is 16.3 Å². The van der Waals surface area contributed by atoms with E-state index in [0.29, 0.717) is 30.0 Å². The molecule has 0 aliphatic carbocycles. The van der Waals surface area contributed by atoms with Crippen LogP contribution in [-0.2, 0) is 11.2 Å². The summed E-state index contributed by atoms with van der Waals surface area (Å²) in [6, 6.07) is 13.6. The van der Waals surface area contributed by atoms with Crippen molar-refractivity contribution in [2.45, 2.75) is 19.8 Å². The number of carbonyl (C=O) groups is 1. The monoisotopic (exact) mass is 382 g/mol. The number of benzene rings is 2. The fraction of sp³-hybridized carbons (Fsp3) is 0.238. The highest BCUT2D eigenvalue weighted by Crippen LogP contribution is 2.29. The average molecular weight is 382 g/mol. The van der Waals surface area contributed by atoms with Gasteiger partial charge in [-0.3, -0.25) is 4.79 Å². The summed E-state index contributed by atoms with van der Waals surface area (Å²) < 4.78 is 10.5. The van der Waals surface area contributed by atoms with Gasteiger partial charge in [0.2, 0.25) is 5.91 Å². The predicted octanol–water partition coefficient (Wildman–Crippen LogP) is 4.71. The molecule has 0 fully saturated rings. The summed E-state index contributed by atoms with van der Waals surface area (Å²) in [4.78, 5) is 17.0. The maximum Gasteiger partial charge on any atom is 0.224 e. The molecule has 140 valence electrons. The van der Waals surface area contributed by atoms with E-state index in [1.54, 1.807) is 43.8 Å². The molecule has 0 aliphatic rings. The topological polar surface area (TPSA) is 60.5 Å². The highest BCUT2D eigenvalue weighted by molar-refractivity contribution is 7.13. The minimum absolute atomic E-state index is 0.0913. The number of hydrogen-bond donors (Lipinski definition) is 1. The molecule has 0 bridgehead atoms. The number of amides is 1. The van der Waals surface area contributed by atoms with Gasteiger partial charge in [0.25, 0.3) is 0 Å². The van der Waals surface area contributed by atoms with Gasteiger partial charge in [-0.15, -0.1) is 11.3 Å². The van der Waals surface area contributed by atoms with Crippen LogP contribution in [0.5, 0.6) is 11.5 Å². The maximum absolute atomic E-state index is 12.3. The molecule has 1 heterocycles. The summed E-state index contributed by atoms with van der Waals surface area (Å²) in [6.07, 6.45) is 0.928. The molecule has 0 atom stereocenters. The van der Waals surface area contributed by atoms with Crippen LogP contribution in [0.2, 0.25) is 0 Å². The largest absolute Gasteiger partial charge is 0.497 e. The first kappa shape index (κ1) is 18.9. The lowest BCUT2D eigenvalue weighted by Gasteiger charge is -2.11. The van der Waals surface area contributed by atoms with Crippen molar-refractivity contribution in [2.75, 3.05) is 19.5 Å². The minimum atomic E-state index is -0.0913. The van der Waals surface area contributed by atoms with Crippen molar-refractivity contribution in [2.24, 2.45) is 0 Å². The maximum atomic E-state index is 12.3. The van der Waals surface area contributed by atoms with Crippen LogP contribution >= 0.6 is 11.3 Å². The van der Waals surface area contributed by atoms with Gasteiger partial charge in [0.05, 0.1) is 25.6 Å². The molecule has 0 unspecified atom stereocenters. The second-order valence-electron chi connectivity index (χ2n) is 6.12. The summed E-state index contributed by atoms with van der Waals surface area (Å²) >= 11 is 1.60. The number of ether oxygens (including phenoxy) is 2. The van der Waals surface area contributed by atoms with Gasteiger partial charge in [-0.1, -0.05) is 29.8 Å². The number of nitrogens with zero attached hydrogens (tertiary/aromatic N) is 1. The summed E-state index contributed by atoms with van der Waals surface area (Å²) in [5.74, 6) is 1.17. The SMILES string of the molecule is COc1ccc(OC)c(NC(=O)CCc2csc(-c3ccc(C)cc3)n2)c1. The molecule has 2 aromatic carbocycles. The number of thiazole rings is 1. The lowest BCUT2D eigenvalue weighted by Crippen LogP contribution is -2.13. The first-order chi connectivity index (χ1) is 13.1. The molecule has 1 amide bonds. The number of carbonyl (C=O) groups excluding carboxylic acids is 1. The van der Waals surface area contributed by atoms with Crippen molar-refractivity contribution in [3.05, 3.63) is 59.1 Å². The molecule has 27 heavy (non-hydrogen) atoms. The van der Waals surface area contributed by atoms with Crippen LogP contribution in [0.3, 0.4) is 0 Å². The van der Waals surface area contributed by atoms with E-state index in [1.165, 1.54) is 5.56 Å². The number of anilines is 1. The van der Waals surface area contributed by atoms with Crippen LogP contribution < -0.4 is 14.8 Å². The van der Waals surface area contributed by atoms with E-state index >= 15 is 0 Å². The van der Waals surface area contributed by atoms with Gasteiger partial charge in [0.1, 0.15) is 16.5 Å². The van der Waals surface area contributed by atoms with E-state index in [-0.39, 0.29) is 5.91 Å². The third kappa shape index (κ3) is 4.86. The first-order valence-corrected chi connectivity index (χ1v) is 9.50. The van der Waals surface area contributed by atoms with E-state index in [9.17, 15) is 4.79 Å². The summed E-state index contributed by atoms with van der Waals surface area (Å²) in [6.45, 7) is 2.06. The molecule has 1 N–H and O–H groups in total. The lowest BCUT2D eigenvalue weighted by atomic mass is 10.1. The Morgan fingerprint density at radius 3 is 2.59 bits per heavy atom. The molecule has 0 spiro atoms. The zero-order valence-electron chi connectivity index (χ0n) is 15.6. The van der Waals surface area contributed by atoms with Crippen LogP contribution in [0.25, 0.3) is 10.6 Å². The predicted molar refractivity (Wildman–Crippen MR) is 109 cm³/mol. The number of rotatable bonds is 7. The zero-order valence-corrected chi connectivity index (χ0v) is 16.4. The average Bonchev–Trinajstić information content (AvgIpc) is 3.16. The van der Waals surface area contributed by atoms with Crippen molar-refractivity contribution in [3.8, 4) is 22.1 Å². The summed E-state index contributed by atoms with van der Waals surface area (Å²) in [5.41, 5.74) is 3.84. The Morgan fingerprint density at radius 2 is 1.89 bits per heavy atom. The molecule has 5 nitrogen and oxygen atoms in total. The Kier molecular flexibility index (Phi) is 6.08. The fourth-order valence-electron chi connectivity index (χ4n) is 2.62. The second kappa shape index (κ2) is 8.68. The van der Waals surface area contributed by atoms with Crippen LogP contribution in [0, 0.1) is 6.92 Å². The normalized spacial score (nSPS) is 10.5. The quantitative estimate of drug-likeness (QED) is 0.643. The molecule has 0 saturated carbocycles. The van der Waals surface area contributed by atoms with Gasteiger partial charge in [-0.25, -0.2) is 4.98 Å². The Morgan fingerprint density at radius 1 is 1.11 bits per heavy atom. The van der Waals surface area contributed by atoms with Crippen LogP contribution in [-0.4, -0.2) is 25.1 Å². The van der Waals surface area contributed by atoms with Crippen LogP contribution in [0.4, 0.5) is 5.69 Å². The van der Waals surface area contributed by atoms with Crippen molar-refractivity contribution in [3.63, 3.8) is 0 Å². The standard InChI is InChI=1S/C21H22N2O3S/c1-14-4-6-15(7-5-14)21-22-16(13-27-21)8-11-20(24)23-18-12-17(25-2)9-10-19(18)26-3/h4-7,9-10,12-13H,8,11H2,1-3H3,(H,23,24). The van der Waals surface area contributed by atoms with Crippen molar-refractivity contribution < 1.29 is 14.3 Å². The van der Waals surface area contributed by atoms with Gasteiger partial charge in [0.15, 0.2) is 0 Å². The first-order valence-electron chi connectivity index (χ1n) is 8.62. The van der Waals surface area contributed by atoms with E-state index in [2.05, 4.69) is 41.5 Å². The molecular formula is C21H22N2O3S. The molecule has 0 saturated heterocycles. The number of aromatic nitrogens is 1. The highest BCUT2D eigenvalue weighted by atomic mass is 32.1. The minimum Gasteiger partial charge on any atom is -0.497 e. The van der Waals surface area contributed by atoms with Gasteiger partial charge in [0, 0.05) is 23.4 Å². The number of hydrogen-bond acceptors (Lipinski definition) is 5. The summed E-state index contributed by atoms with van der Waals surface area (Å²) in [5, 5.41) is 5.86.